The zero-order chi connectivity index (χ0) is 17.3. The molecule has 0 atom stereocenters. The van der Waals surface area contributed by atoms with E-state index in [0.29, 0.717) is 0 Å². The van der Waals surface area contributed by atoms with Crippen LogP contribution >= 0.6 is 0 Å². The maximum Gasteiger partial charge on any atom is 0.173 e. The van der Waals surface area contributed by atoms with Crippen LogP contribution in [-0.4, -0.2) is 28.2 Å². The van der Waals surface area contributed by atoms with E-state index in [4.69, 9.17) is 14.6 Å². The van der Waals surface area contributed by atoms with Gasteiger partial charge in [-0.3, -0.25) is 0 Å². The molecule has 0 aliphatic heterocycles. The number of rotatable bonds is 4. The van der Waals surface area contributed by atoms with E-state index >= 15 is 0 Å². The van der Waals surface area contributed by atoms with Crippen molar-refractivity contribution in [2.75, 3.05) is 14.2 Å². The number of nitrogens with one attached hydrogen (secondary N) is 1. The summed E-state index contributed by atoms with van der Waals surface area (Å²) >= 11 is 0. The molecule has 1 aromatic rings. The van der Waals surface area contributed by atoms with Crippen LogP contribution in [0.5, 0.6) is 11.5 Å². The van der Waals surface area contributed by atoms with Crippen molar-refractivity contribution in [1.29, 1.82) is 0 Å². The summed E-state index contributed by atoms with van der Waals surface area (Å²) in [4.78, 5) is 0. The second-order valence-corrected chi connectivity index (χ2v) is 12.7. The lowest BCUT2D eigenvalue weighted by Gasteiger charge is -2.36. The minimum Gasteiger partial charge on any atom is -0.493 e. The lowest BCUT2D eigenvalue weighted by Crippen LogP contribution is -2.50. The highest BCUT2D eigenvalue weighted by molar-refractivity contribution is 6.77. The van der Waals surface area contributed by atoms with Crippen LogP contribution < -0.4 is 14.6 Å². The molecule has 0 aromatic heterocycles. The van der Waals surface area contributed by atoms with Gasteiger partial charge in [-0.25, -0.2) is 0 Å². The number of hydrogen-bond donors (Lipinski definition) is 1. The molecule has 0 saturated heterocycles. The van der Waals surface area contributed by atoms with Gasteiger partial charge in [0.1, 0.15) is 0 Å². The van der Waals surface area contributed by atoms with Gasteiger partial charge < -0.3 is 14.6 Å². The molecule has 1 N–H and O–H groups in total. The van der Waals surface area contributed by atoms with Gasteiger partial charge >= 0.3 is 0 Å². The molecule has 1 aliphatic carbocycles. The van der Waals surface area contributed by atoms with Gasteiger partial charge in [0.25, 0.3) is 0 Å². The van der Waals surface area contributed by atoms with Crippen LogP contribution in [0, 0.1) is 0 Å². The Morgan fingerprint density at radius 3 is 2.22 bits per heavy atom. The van der Waals surface area contributed by atoms with Gasteiger partial charge in [0.15, 0.2) is 19.7 Å². The van der Waals surface area contributed by atoms with Gasteiger partial charge in [-0.05, 0) is 55.1 Å². The van der Waals surface area contributed by atoms with E-state index in [-0.39, 0.29) is 5.04 Å². The molecule has 4 nitrogen and oxygen atoms in total. The second-order valence-electron chi connectivity index (χ2n) is 7.76. The summed E-state index contributed by atoms with van der Waals surface area (Å²) in [5, 5.41) is 8.61. The van der Waals surface area contributed by atoms with E-state index in [1.165, 1.54) is 11.1 Å². The minimum atomic E-state index is -1.64. The smallest absolute Gasteiger partial charge is 0.173 e. The third-order valence-corrected chi connectivity index (χ3v) is 9.55. The number of hydrogen-bond acceptors (Lipinski definition) is 4. The molecule has 0 radical (unpaired) electrons. The Bertz CT molecular complexity index is 604. The number of hydrazone groups is 1. The summed E-state index contributed by atoms with van der Waals surface area (Å²) in [5.41, 5.74) is 3.63. The number of fused-ring (bicyclic) bond motifs is 1. The van der Waals surface area contributed by atoms with Crippen LogP contribution in [0.4, 0.5) is 0 Å². The van der Waals surface area contributed by atoms with E-state index in [0.717, 1.165) is 36.5 Å². The SMILES string of the molecule is COc1cc2c(cc1OC)/C(=N\N[Si](C)(C)C(C)(C)C)CCC2. The number of nitrogens with zero attached hydrogens (tertiary/aromatic N) is 1. The Kier molecular flexibility index (Phi) is 5.09. The van der Waals surface area contributed by atoms with Crippen LogP contribution in [0.3, 0.4) is 0 Å². The molecular weight excluding hydrogens is 304 g/mol. The highest BCUT2D eigenvalue weighted by Gasteiger charge is 2.36. The van der Waals surface area contributed by atoms with Gasteiger partial charge in [-0.15, -0.1) is 0 Å². The van der Waals surface area contributed by atoms with Crippen LogP contribution in [0.2, 0.25) is 18.1 Å². The van der Waals surface area contributed by atoms with Crippen molar-refractivity contribution in [1.82, 2.24) is 5.09 Å². The summed E-state index contributed by atoms with van der Waals surface area (Å²) in [6.45, 7) is 11.5. The molecule has 0 heterocycles. The molecule has 0 amide bonds. The highest BCUT2D eigenvalue weighted by atomic mass is 28.3. The fraction of sp³-hybridized carbons (Fsp3) is 0.611. The van der Waals surface area contributed by atoms with Crippen molar-refractivity contribution < 1.29 is 9.47 Å². The highest BCUT2D eigenvalue weighted by Crippen LogP contribution is 2.36. The van der Waals surface area contributed by atoms with Gasteiger partial charge in [0, 0.05) is 5.56 Å². The predicted octanol–water partition coefficient (Wildman–Crippen LogP) is 4.34. The predicted molar refractivity (Wildman–Crippen MR) is 99.4 cm³/mol. The van der Waals surface area contributed by atoms with Gasteiger partial charge in [0.2, 0.25) is 0 Å². The quantitative estimate of drug-likeness (QED) is 0.658. The zero-order valence-electron chi connectivity index (χ0n) is 15.5. The number of ether oxygens (including phenoxy) is 2. The Morgan fingerprint density at radius 2 is 1.65 bits per heavy atom. The molecule has 2 rings (SSSR count). The summed E-state index contributed by atoms with van der Waals surface area (Å²) in [6.07, 6.45) is 3.19. The van der Waals surface area contributed by atoms with E-state index in [9.17, 15) is 0 Å². The Labute approximate surface area is 141 Å². The maximum absolute atomic E-state index is 5.46. The number of aryl methyl sites for hydroxylation is 1. The van der Waals surface area contributed by atoms with Crippen molar-refractivity contribution in [2.45, 2.75) is 58.2 Å². The van der Waals surface area contributed by atoms with Crippen molar-refractivity contribution in [3.63, 3.8) is 0 Å². The molecule has 128 valence electrons. The lowest BCUT2D eigenvalue weighted by molar-refractivity contribution is 0.354. The standard InChI is InChI=1S/C18H30N2O2Si/c1-18(2,3)23(6,7)20-19-15-10-8-9-13-11-16(21-4)17(22-5)12-14(13)15/h11-12,20H,8-10H2,1-7H3/b19-15-. The first kappa shape index (κ1) is 17.9. The second kappa shape index (κ2) is 6.55. The molecule has 0 bridgehead atoms. The van der Waals surface area contributed by atoms with Gasteiger partial charge in [-0.2, -0.15) is 5.10 Å². The third kappa shape index (κ3) is 3.71. The summed E-state index contributed by atoms with van der Waals surface area (Å²) in [5.74, 6) is 1.57. The lowest BCUT2D eigenvalue weighted by atomic mass is 9.89. The Morgan fingerprint density at radius 1 is 1.04 bits per heavy atom. The van der Waals surface area contributed by atoms with Crippen molar-refractivity contribution in [3.8, 4) is 11.5 Å². The monoisotopic (exact) mass is 334 g/mol. The molecule has 0 unspecified atom stereocenters. The summed E-state index contributed by atoms with van der Waals surface area (Å²) in [6, 6.07) is 4.16. The van der Waals surface area contributed by atoms with Crippen molar-refractivity contribution in [2.24, 2.45) is 5.10 Å². The first-order chi connectivity index (χ1) is 10.7. The summed E-state index contributed by atoms with van der Waals surface area (Å²) in [7, 11) is 1.72. The zero-order valence-corrected chi connectivity index (χ0v) is 16.5. The van der Waals surface area contributed by atoms with E-state index in [1.54, 1.807) is 14.2 Å². The topological polar surface area (TPSA) is 42.9 Å². The number of benzene rings is 1. The fourth-order valence-electron chi connectivity index (χ4n) is 2.47. The first-order valence-corrected chi connectivity index (χ1v) is 11.3. The minimum absolute atomic E-state index is 0.256. The Balaban J connectivity index is 2.36. The molecule has 1 aliphatic rings. The van der Waals surface area contributed by atoms with Gasteiger partial charge in [-0.1, -0.05) is 20.8 Å². The molecule has 1 aromatic carbocycles. The van der Waals surface area contributed by atoms with Crippen LogP contribution in [-0.2, 0) is 6.42 Å². The first-order valence-electron chi connectivity index (χ1n) is 8.28. The Hall–Kier alpha value is -1.49. The molecular formula is C18H30N2O2Si. The number of methoxy groups -OCH3 is 2. The fourth-order valence-corrected chi connectivity index (χ4v) is 3.22. The molecule has 5 heteroatoms. The molecule has 0 saturated carbocycles. The average Bonchev–Trinajstić information content (AvgIpc) is 2.50. The van der Waals surface area contributed by atoms with Crippen LogP contribution in [0.1, 0.15) is 44.7 Å². The summed E-state index contributed by atoms with van der Waals surface area (Å²) < 4.78 is 10.9. The van der Waals surface area contributed by atoms with Crippen molar-refractivity contribution in [3.05, 3.63) is 23.3 Å². The normalized spacial score (nSPS) is 16.9. The third-order valence-electron chi connectivity index (χ3n) is 5.13. The molecule has 23 heavy (non-hydrogen) atoms. The van der Waals surface area contributed by atoms with Gasteiger partial charge in [0.05, 0.1) is 19.9 Å². The van der Waals surface area contributed by atoms with Crippen LogP contribution in [0.15, 0.2) is 17.2 Å². The average molecular weight is 335 g/mol. The van der Waals surface area contributed by atoms with Crippen molar-refractivity contribution >= 4 is 13.9 Å². The largest absolute Gasteiger partial charge is 0.493 e. The van der Waals surface area contributed by atoms with E-state index < -0.39 is 8.24 Å². The molecule has 0 spiro atoms. The maximum atomic E-state index is 5.46. The molecule has 0 fully saturated rings. The van der Waals surface area contributed by atoms with Crippen LogP contribution in [0.25, 0.3) is 0 Å². The van der Waals surface area contributed by atoms with E-state index in [1.807, 2.05) is 0 Å². The van der Waals surface area contributed by atoms with E-state index in [2.05, 4.69) is 51.1 Å².